The Morgan fingerprint density at radius 3 is 2.33 bits per heavy atom. The molecule has 5 rings (SSSR count). The molecule has 8 heteroatoms. The Balaban J connectivity index is 1.45. The fourth-order valence-electron chi connectivity index (χ4n) is 5.79. The average molecular weight is 637 g/mol. The second kappa shape index (κ2) is 15.2. The third-order valence-electron chi connectivity index (χ3n) is 8.62. The number of benzene rings is 4. The summed E-state index contributed by atoms with van der Waals surface area (Å²) < 4.78 is 11.0. The summed E-state index contributed by atoms with van der Waals surface area (Å²) in [5.41, 5.74) is 6.43. The number of hydrogen-bond acceptors (Lipinski definition) is 6. The van der Waals surface area contributed by atoms with E-state index >= 15 is 0 Å². The molecule has 4 aromatic carbocycles. The number of ether oxygens (including phenoxy) is 2. The van der Waals surface area contributed by atoms with Gasteiger partial charge in [-0.15, -0.1) is 0 Å². The SMILES string of the molecule is CCC1Cc2ccc(OC)cc2C(c2ccc(Cl)cc2)N=C(CC(=O)NCCc2ccc3cc(OC)ccc3c2)/C(C)=N\N=C\1C. The van der Waals surface area contributed by atoms with Gasteiger partial charge in [0.1, 0.15) is 17.5 Å². The van der Waals surface area contributed by atoms with E-state index in [1.165, 1.54) is 0 Å². The molecule has 0 saturated carbocycles. The van der Waals surface area contributed by atoms with Gasteiger partial charge in [0.05, 0.1) is 32.1 Å². The molecule has 0 fully saturated rings. The van der Waals surface area contributed by atoms with E-state index in [0.717, 1.165) is 63.1 Å². The van der Waals surface area contributed by atoms with Crippen molar-refractivity contribution in [2.75, 3.05) is 20.8 Å². The summed E-state index contributed by atoms with van der Waals surface area (Å²) in [6.45, 7) is 6.56. The molecule has 1 aliphatic rings. The van der Waals surface area contributed by atoms with E-state index in [2.05, 4.69) is 58.8 Å². The van der Waals surface area contributed by atoms with Gasteiger partial charge in [-0.25, -0.2) is 0 Å². The lowest BCUT2D eigenvalue weighted by molar-refractivity contribution is -0.119. The van der Waals surface area contributed by atoms with Crippen LogP contribution < -0.4 is 14.8 Å². The molecule has 1 amide bonds. The lowest BCUT2D eigenvalue weighted by Gasteiger charge is -2.22. The Labute approximate surface area is 276 Å². The topological polar surface area (TPSA) is 84.6 Å². The fourth-order valence-corrected chi connectivity index (χ4v) is 5.92. The van der Waals surface area contributed by atoms with Crippen LogP contribution in [-0.4, -0.2) is 43.8 Å². The normalized spacial score (nSPS) is 19.0. The zero-order valence-electron chi connectivity index (χ0n) is 27.1. The van der Waals surface area contributed by atoms with Crippen molar-refractivity contribution in [2.45, 2.75) is 52.5 Å². The molecule has 0 aromatic heterocycles. The van der Waals surface area contributed by atoms with Gasteiger partial charge in [0.25, 0.3) is 0 Å². The maximum atomic E-state index is 13.4. The number of nitrogens with one attached hydrogen (secondary N) is 1. The number of amides is 1. The van der Waals surface area contributed by atoms with Crippen LogP contribution in [0.5, 0.6) is 11.5 Å². The predicted molar refractivity (Wildman–Crippen MR) is 189 cm³/mol. The predicted octanol–water partition coefficient (Wildman–Crippen LogP) is 8.21. The van der Waals surface area contributed by atoms with Crippen LogP contribution >= 0.6 is 11.6 Å². The molecule has 4 aromatic rings. The molecule has 0 aliphatic carbocycles. The van der Waals surface area contributed by atoms with Crippen molar-refractivity contribution in [2.24, 2.45) is 21.1 Å². The minimum Gasteiger partial charge on any atom is -0.497 e. The minimum atomic E-state index is -0.401. The lowest BCUT2D eigenvalue weighted by atomic mass is 9.87. The van der Waals surface area contributed by atoms with Crippen molar-refractivity contribution >= 4 is 45.4 Å². The van der Waals surface area contributed by atoms with Crippen molar-refractivity contribution in [1.29, 1.82) is 0 Å². The largest absolute Gasteiger partial charge is 0.497 e. The fraction of sp³-hybridized carbons (Fsp3) is 0.316. The lowest BCUT2D eigenvalue weighted by Crippen LogP contribution is -2.30. The molecular weight excluding hydrogens is 596 g/mol. The maximum absolute atomic E-state index is 13.4. The van der Waals surface area contributed by atoms with Gasteiger partial charge in [-0.3, -0.25) is 9.79 Å². The van der Waals surface area contributed by atoms with E-state index < -0.39 is 6.04 Å². The van der Waals surface area contributed by atoms with E-state index in [1.54, 1.807) is 14.2 Å². The zero-order chi connectivity index (χ0) is 32.6. The summed E-state index contributed by atoms with van der Waals surface area (Å²) in [5, 5.41) is 15.2. The van der Waals surface area contributed by atoms with Crippen LogP contribution in [0.3, 0.4) is 0 Å². The summed E-state index contributed by atoms with van der Waals surface area (Å²) in [5.74, 6) is 1.66. The van der Waals surface area contributed by atoms with Crippen LogP contribution in [0, 0.1) is 5.92 Å². The zero-order valence-corrected chi connectivity index (χ0v) is 27.9. The van der Waals surface area contributed by atoms with Crippen molar-refractivity contribution in [3.63, 3.8) is 0 Å². The Bertz CT molecular complexity index is 1800. The molecule has 1 aliphatic heterocycles. The Morgan fingerprint density at radius 2 is 1.59 bits per heavy atom. The standard InChI is InChI=1S/C38H41ClN4O3/c1-6-27-20-31-12-16-34(46-5)22-35(31)38(28-9-13-32(39)14-10-28)41-36(25(3)43-42-24(27)2)23-37(44)40-18-17-26-7-8-30-21-33(45-4)15-11-29(30)19-26/h7-16,19,21-22,27,38H,6,17-18,20,23H2,1-5H3,(H,40,44)/b41-36?,42-24+,43-25-. The van der Waals surface area contributed by atoms with E-state index in [9.17, 15) is 4.79 Å². The van der Waals surface area contributed by atoms with Gasteiger partial charge in [-0.2, -0.15) is 10.2 Å². The van der Waals surface area contributed by atoms with Crippen molar-refractivity contribution in [3.8, 4) is 11.5 Å². The van der Waals surface area contributed by atoms with E-state index in [-0.39, 0.29) is 18.2 Å². The first-order valence-corrected chi connectivity index (χ1v) is 16.1. The molecule has 0 saturated heterocycles. The first-order valence-electron chi connectivity index (χ1n) is 15.7. The van der Waals surface area contributed by atoms with Gasteiger partial charge in [-0.05, 0) is 103 Å². The van der Waals surface area contributed by atoms with Crippen molar-refractivity contribution in [3.05, 3.63) is 106 Å². The van der Waals surface area contributed by atoms with Crippen LogP contribution in [-0.2, 0) is 17.6 Å². The van der Waals surface area contributed by atoms with Crippen LogP contribution in [0.4, 0.5) is 0 Å². The van der Waals surface area contributed by atoms with E-state index in [4.69, 9.17) is 26.1 Å². The summed E-state index contributed by atoms with van der Waals surface area (Å²) in [6, 6.07) is 25.8. The van der Waals surface area contributed by atoms with E-state index in [0.29, 0.717) is 29.4 Å². The number of halogens is 1. The molecule has 0 bridgehead atoms. The van der Waals surface area contributed by atoms with Gasteiger partial charge in [0, 0.05) is 23.2 Å². The second-order valence-corrected chi connectivity index (χ2v) is 12.1. The molecule has 0 spiro atoms. The number of carbonyl (C=O) groups excluding carboxylic acids is 1. The number of methoxy groups -OCH3 is 2. The number of fused-ring (bicyclic) bond motifs is 2. The smallest absolute Gasteiger partial charge is 0.226 e. The molecule has 1 heterocycles. The first kappa shape index (κ1) is 32.9. The average Bonchev–Trinajstić information content (AvgIpc) is 3.09. The summed E-state index contributed by atoms with van der Waals surface area (Å²) >= 11 is 6.29. The highest BCUT2D eigenvalue weighted by Crippen LogP contribution is 2.35. The Hall–Kier alpha value is -4.49. The Morgan fingerprint density at radius 1 is 0.891 bits per heavy atom. The quantitative estimate of drug-likeness (QED) is 0.201. The summed E-state index contributed by atoms with van der Waals surface area (Å²) in [6.07, 6.45) is 2.48. The molecule has 0 radical (unpaired) electrons. The van der Waals surface area contributed by atoms with E-state index in [1.807, 2.05) is 56.3 Å². The highest BCUT2D eigenvalue weighted by Gasteiger charge is 2.24. The molecular formula is C38H41ClN4O3. The van der Waals surface area contributed by atoms with Gasteiger partial charge >= 0.3 is 0 Å². The van der Waals surface area contributed by atoms with Crippen LogP contribution in [0.25, 0.3) is 10.8 Å². The maximum Gasteiger partial charge on any atom is 0.226 e. The van der Waals surface area contributed by atoms with Crippen molar-refractivity contribution < 1.29 is 14.3 Å². The summed E-state index contributed by atoms with van der Waals surface area (Å²) in [7, 11) is 3.34. The molecule has 46 heavy (non-hydrogen) atoms. The number of hydrogen-bond donors (Lipinski definition) is 1. The highest BCUT2D eigenvalue weighted by atomic mass is 35.5. The third-order valence-corrected chi connectivity index (χ3v) is 8.87. The molecule has 2 atom stereocenters. The van der Waals surface area contributed by atoms with Gasteiger partial charge in [0.2, 0.25) is 5.91 Å². The highest BCUT2D eigenvalue weighted by molar-refractivity contribution is 6.44. The minimum absolute atomic E-state index is 0.0714. The number of aliphatic imine (C=N–C) groups is 1. The third kappa shape index (κ3) is 8.01. The second-order valence-electron chi connectivity index (χ2n) is 11.7. The number of rotatable bonds is 9. The van der Waals surface area contributed by atoms with Gasteiger partial charge in [0.15, 0.2) is 0 Å². The first-order chi connectivity index (χ1) is 22.3. The van der Waals surface area contributed by atoms with Gasteiger partial charge < -0.3 is 14.8 Å². The molecule has 1 N–H and O–H groups in total. The monoisotopic (exact) mass is 636 g/mol. The van der Waals surface area contributed by atoms with Crippen LogP contribution in [0.2, 0.25) is 5.02 Å². The van der Waals surface area contributed by atoms with Crippen LogP contribution in [0.1, 0.15) is 61.9 Å². The van der Waals surface area contributed by atoms with Crippen molar-refractivity contribution in [1.82, 2.24) is 5.32 Å². The molecule has 2 unspecified atom stereocenters. The number of carbonyl (C=O) groups is 1. The summed E-state index contributed by atoms with van der Waals surface area (Å²) in [4.78, 5) is 18.7. The van der Waals surface area contributed by atoms with Gasteiger partial charge in [-0.1, -0.05) is 61.0 Å². The van der Waals surface area contributed by atoms with Crippen LogP contribution in [0.15, 0.2) is 94.1 Å². The number of nitrogens with zero attached hydrogens (tertiary/aromatic N) is 3. The Kier molecular flexibility index (Phi) is 10.9. The molecule has 238 valence electrons. The molecule has 7 nitrogen and oxygen atoms in total.